The van der Waals surface area contributed by atoms with Crippen molar-refractivity contribution in [1.82, 2.24) is 0 Å². The smallest absolute Gasteiger partial charge is 0.402 e. The highest BCUT2D eigenvalue weighted by Crippen LogP contribution is 2.40. The predicted molar refractivity (Wildman–Crippen MR) is 79.3 cm³/mol. The molecule has 0 aliphatic rings. The molecule has 1 heterocycles. The molecule has 6 nitrogen and oxygen atoms in total. The van der Waals surface area contributed by atoms with Gasteiger partial charge in [0.05, 0.1) is 18.7 Å². The summed E-state index contributed by atoms with van der Waals surface area (Å²) in [4.78, 5) is 0. The standard InChI is InChI=1S/C16H12O6.ClH/c1-21-15-4-8(2-3-11(15)18)16-13(20)7-10-12(19)5-9(17)6-14(10)22-16;/h2-7H,1H3,(H3-,17,18,19,20);1H. The fourth-order valence-electron chi connectivity index (χ4n) is 2.22. The normalized spacial score (nSPS) is 10.3. The van der Waals surface area contributed by atoms with Crippen LogP contribution in [0.4, 0.5) is 0 Å². The molecule has 0 fully saturated rings. The summed E-state index contributed by atoms with van der Waals surface area (Å²) < 4.78 is 10.6. The zero-order chi connectivity index (χ0) is 15.9. The average Bonchev–Trinajstić information content (AvgIpc) is 2.48. The van der Waals surface area contributed by atoms with Crippen molar-refractivity contribution in [2.45, 2.75) is 0 Å². The molecule has 3 rings (SSSR count). The van der Waals surface area contributed by atoms with Gasteiger partial charge >= 0.3 is 11.3 Å². The van der Waals surface area contributed by atoms with Gasteiger partial charge in [-0.1, -0.05) is 0 Å². The number of phenols is 3. The number of methoxy groups -OCH3 is 1. The van der Waals surface area contributed by atoms with E-state index in [1.165, 1.54) is 31.4 Å². The third kappa shape index (κ3) is 2.89. The number of aromatic hydroxyl groups is 4. The minimum atomic E-state index is -0.205. The van der Waals surface area contributed by atoms with Crippen molar-refractivity contribution >= 4 is 11.0 Å². The summed E-state index contributed by atoms with van der Waals surface area (Å²) in [7, 11) is 1.41. The average molecular weight is 337 g/mol. The summed E-state index contributed by atoms with van der Waals surface area (Å²) in [6.45, 7) is 0. The number of ether oxygens (including phenoxy) is 1. The second-order valence-corrected chi connectivity index (χ2v) is 4.72. The molecule has 0 radical (unpaired) electrons. The highest BCUT2D eigenvalue weighted by molar-refractivity contribution is 5.88. The third-order valence-corrected chi connectivity index (χ3v) is 3.27. The second kappa shape index (κ2) is 6.10. The maximum absolute atomic E-state index is 10.1. The first kappa shape index (κ1) is 16.5. The van der Waals surface area contributed by atoms with Crippen LogP contribution in [0.5, 0.6) is 28.7 Å². The van der Waals surface area contributed by atoms with Crippen molar-refractivity contribution in [3.05, 3.63) is 36.4 Å². The highest BCUT2D eigenvalue weighted by atomic mass is 35.5. The van der Waals surface area contributed by atoms with Gasteiger partial charge in [-0.2, -0.15) is 0 Å². The first-order chi connectivity index (χ1) is 10.5. The summed E-state index contributed by atoms with van der Waals surface area (Å²) >= 11 is 0. The van der Waals surface area contributed by atoms with E-state index in [1.807, 2.05) is 0 Å². The zero-order valence-electron chi connectivity index (χ0n) is 11.9. The van der Waals surface area contributed by atoms with Crippen molar-refractivity contribution in [3.8, 4) is 40.1 Å². The van der Waals surface area contributed by atoms with Gasteiger partial charge in [0.1, 0.15) is 16.9 Å². The molecule has 0 amide bonds. The second-order valence-electron chi connectivity index (χ2n) is 4.72. The predicted octanol–water partition coefficient (Wildman–Crippen LogP) is 0.216. The van der Waals surface area contributed by atoms with Crippen LogP contribution in [0.25, 0.3) is 22.3 Å². The fourth-order valence-corrected chi connectivity index (χ4v) is 2.22. The fraction of sp³-hybridized carbons (Fsp3) is 0.0625. The van der Waals surface area contributed by atoms with Crippen LogP contribution in [0, 0.1) is 0 Å². The van der Waals surface area contributed by atoms with E-state index in [-0.39, 0.29) is 57.9 Å². The third-order valence-electron chi connectivity index (χ3n) is 3.27. The lowest BCUT2D eigenvalue weighted by molar-refractivity contribution is -0.00000907. The van der Waals surface area contributed by atoms with Crippen LogP contribution in [-0.2, 0) is 0 Å². The zero-order valence-corrected chi connectivity index (χ0v) is 12.7. The van der Waals surface area contributed by atoms with Crippen LogP contribution < -0.4 is 17.1 Å². The van der Waals surface area contributed by atoms with Crippen LogP contribution in [0.2, 0.25) is 0 Å². The Balaban J connectivity index is 0.00000192. The summed E-state index contributed by atoms with van der Waals surface area (Å²) in [5, 5.41) is 39.3. The Morgan fingerprint density at radius 2 is 1.61 bits per heavy atom. The van der Waals surface area contributed by atoms with E-state index in [2.05, 4.69) is 0 Å². The molecule has 2 aromatic carbocycles. The lowest BCUT2D eigenvalue weighted by Gasteiger charge is -2.04. The lowest BCUT2D eigenvalue weighted by atomic mass is 10.1. The van der Waals surface area contributed by atoms with Crippen LogP contribution in [0.15, 0.2) is 40.8 Å². The number of rotatable bonds is 2. The molecule has 0 aliphatic heterocycles. The maximum Gasteiger partial charge on any atom is 0.402 e. The summed E-state index contributed by atoms with van der Waals surface area (Å²) in [5.74, 6) is -0.248. The van der Waals surface area contributed by atoms with Crippen LogP contribution in [-0.4, -0.2) is 27.5 Å². The topological polar surface area (TPSA) is 101 Å². The summed E-state index contributed by atoms with van der Waals surface area (Å²) in [6.07, 6.45) is 0. The van der Waals surface area contributed by atoms with Gasteiger partial charge in [0.2, 0.25) is 5.75 Å². The molecular formula is C16H13ClO6. The summed E-state index contributed by atoms with van der Waals surface area (Å²) in [5.41, 5.74) is 0.675. The van der Waals surface area contributed by atoms with E-state index in [4.69, 9.17) is 9.15 Å². The van der Waals surface area contributed by atoms with Crippen molar-refractivity contribution in [3.63, 3.8) is 0 Å². The molecule has 0 unspecified atom stereocenters. The van der Waals surface area contributed by atoms with Gasteiger partial charge < -0.3 is 37.6 Å². The van der Waals surface area contributed by atoms with E-state index < -0.39 is 0 Å². The number of benzene rings is 2. The van der Waals surface area contributed by atoms with Crippen molar-refractivity contribution in [2.24, 2.45) is 0 Å². The largest absolute Gasteiger partial charge is 1.00 e. The highest BCUT2D eigenvalue weighted by Gasteiger charge is 2.24. The van der Waals surface area contributed by atoms with Gasteiger partial charge in [-0.05, 0) is 12.1 Å². The SMILES string of the molecule is COc1cc(-c2[o+]c3cc(O)cc(O)c3cc2O)ccc1O.[Cl-]. The molecule has 0 atom stereocenters. The van der Waals surface area contributed by atoms with Gasteiger partial charge in [-0.15, -0.1) is 0 Å². The monoisotopic (exact) mass is 336 g/mol. The molecular weight excluding hydrogens is 324 g/mol. The molecule has 0 bridgehead atoms. The Morgan fingerprint density at radius 1 is 0.870 bits per heavy atom. The van der Waals surface area contributed by atoms with Crippen molar-refractivity contribution in [1.29, 1.82) is 0 Å². The van der Waals surface area contributed by atoms with Crippen LogP contribution >= 0.6 is 0 Å². The van der Waals surface area contributed by atoms with E-state index in [0.717, 1.165) is 6.07 Å². The number of halogens is 1. The molecule has 0 saturated carbocycles. The Labute approximate surface area is 137 Å². The summed E-state index contributed by atoms with van der Waals surface area (Å²) in [6, 6.07) is 8.28. The molecule has 3 aromatic rings. The van der Waals surface area contributed by atoms with Gasteiger partial charge in [0.15, 0.2) is 11.5 Å². The maximum atomic E-state index is 10.1. The lowest BCUT2D eigenvalue weighted by Crippen LogP contribution is -3.00. The van der Waals surface area contributed by atoms with E-state index >= 15 is 0 Å². The van der Waals surface area contributed by atoms with Crippen molar-refractivity contribution < 1.29 is 42.0 Å². The van der Waals surface area contributed by atoms with E-state index in [9.17, 15) is 20.4 Å². The number of hydrogen-bond donors (Lipinski definition) is 4. The van der Waals surface area contributed by atoms with Crippen LogP contribution in [0.1, 0.15) is 0 Å². The van der Waals surface area contributed by atoms with Crippen molar-refractivity contribution in [2.75, 3.05) is 7.11 Å². The first-order valence-electron chi connectivity index (χ1n) is 6.39. The minimum Gasteiger partial charge on any atom is -1.00 e. The molecule has 1 aromatic heterocycles. The number of hydrogen-bond acceptors (Lipinski definition) is 5. The molecule has 0 aliphatic carbocycles. The van der Waals surface area contributed by atoms with Gasteiger partial charge in [-0.3, -0.25) is 0 Å². The minimum absolute atomic E-state index is 0. The molecule has 0 saturated heterocycles. The molecule has 0 spiro atoms. The van der Waals surface area contributed by atoms with Gasteiger partial charge in [0.25, 0.3) is 0 Å². The molecule has 120 valence electrons. The molecule has 7 heteroatoms. The number of fused-ring (bicyclic) bond motifs is 1. The number of phenolic OH excluding ortho intramolecular Hbond substituents is 3. The Hall–Kier alpha value is -2.86. The Kier molecular flexibility index (Phi) is 4.38. The van der Waals surface area contributed by atoms with E-state index in [0.29, 0.717) is 5.56 Å². The van der Waals surface area contributed by atoms with Crippen LogP contribution in [0.3, 0.4) is 0 Å². The quantitative estimate of drug-likeness (QED) is 0.499. The van der Waals surface area contributed by atoms with Gasteiger partial charge in [0, 0.05) is 18.2 Å². The molecule has 23 heavy (non-hydrogen) atoms. The Bertz CT molecular complexity index is 878. The van der Waals surface area contributed by atoms with Gasteiger partial charge in [-0.25, -0.2) is 4.42 Å². The van der Waals surface area contributed by atoms with E-state index in [1.54, 1.807) is 6.07 Å². The first-order valence-corrected chi connectivity index (χ1v) is 6.39. The molecule has 4 N–H and O–H groups in total. The Morgan fingerprint density at radius 3 is 2.30 bits per heavy atom.